The lowest BCUT2D eigenvalue weighted by molar-refractivity contribution is 0.0196. The van der Waals surface area contributed by atoms with E-state index >= 15 is 0 Å². The number of piperidine rings is 1. The van der Waals surface area contributed by atoms with Crippen LogP contribution in [0.5, 0.6) is 0 Å². The molecule has 1 aliphatic carbocycles. The van der Waals surface area contributed by atoms with Crippen LogP contribution < -0.4 is 0 Å². The van der Waals surface area contributed by atoms with Crippen LogP contribution in [0.2, 0.25) is 0 Å². The lowest BCUT2D eigenvalue weighted by Crippen LogP contribution is -2.46. The molecule has 3 atom stereocenters. The summed E-state index contributed by atoms with van der Waals surface area (Å²) in [5, 5.41) is 9.72. The Balaban J connectivity index is 1.67. The van der Waals surface area contributed by atoms with Crippen LogP contribution in [0.1, 0.15) is 36.0 Å². The second-order valence-electron chi connectivity index (χ2n) is 5.89. The third-order valence-electron chi connectivity index (χ3n) is 4.64. The van der Waals surface area contributed by atoms with Crippen LogP contribution in [-0.4, -0.2) is 35.1 Å². The molecule has 2 aliphatic rings. The normalized spacial score (nSPS) is 30.8. The SMILES string of the molecule is O=C(c1ccccc1)N1CCC2CC(O)CCC2C1. The summed E-state index contributed by atoms with van der Waals surface area (Å²) in [6, 6.07) is 9.54. The van der Waals surface area contributed by atoms with Gasteiger partial charge in [-0.05, 0) is 49.7 Å². The van der Waals surface area contributed by atoms with Crippen LogP contribution in [-0.2, 0) is 0 Å². The van der Waals surface area contributed by atoms with Crippen LogP contribution in [0.3, 0.4) is 0 Å². The second-order valence-corrected chi connectivity index (χ2v) is 5.89. The molecule has 1 amide bonds. The largest absolute Gasteiger partial charge is 0.393 e. The van der Waals surface area contributed by atoms with Crippen LogP contribution in [0.4, 0.5) is 0 Å². The van der Waals surface area contributed by atoms with Crippen molar-refractivity contribution in [1.82, 2.24) is 4.90 Å². The summed E-state index contributed by atoms with van der Waals surface area (Å²) in [5.41, 5.74) is 0.789. The fourth-order valence-electron chi connectivity index (χ4n) is 3.54. The van der Waals surface area contributed by atoms with E-state index in [9.17, 15) is 9.90 Å². The van der Waals surface area contributed by atoms with Crippen molar-refractivity contribution in [2.45, 2.75) is 31.8 Å². The molecule has 0 spiro atoms. The number of carbonyl (C=O) groups excluding carboxylic acids is 1. The van der Waals surface area contributed by atoms with Gasteiger partial charge in [0.1, 0.15) is 0 Å². The molecule has 102 valence electrons. The maximum Gasteiger partial charge on any atom is 0.253 e. The van der Waals surface area contributed by atoms with Crippen LogP contribution in [0.25, 0.3) is 0 Å². The number of carbonyl (C=O) groups is 1. The number of nitrogens with zero attached hydrogens (tertiary/aromatic N) is 1. The number of aliphatic hydroxyl groups is 1. The summed E-state index contributed by atoms with van der Waals surface area (Å²) in [7, 11) is 0. The number of hydrogen-bond donors (Lipinski definition) is 1. The minimum atomic E-state index is -0.113. The van der Waals surface area contributed by atoms with E-state index < -0.39 is 0 Å². The minimum absolute atomic E-state index is 0.113. The van der Waals surface area contributed by atoms with Gasteiger partial charge in [-0.15, -0.1) is 0 Å². The number of benzene rings is 1. The highest BCUT2D eigenvalue weighted by atomic mass is 16.3. The van der Waals surface area contributed by atoms with Crippen molar-refractivity contribution in [3.05, 3.63) is 35.9 Å². The van der Waals surface area contributed by atoms with Crippen LogP contribution >= 0.6 is 0 Å². The first-order valence-electron chi connectivity index (χ1n) is 7.26. The highest BCUT2D eigenvalue weighted by molar-refractivity contribution is 5.94. The van der Waals surface area contributed by atoms with Crippen molar-refractivity contribution < 1.29 is 9.90 Å². The summed E-state index contributed by atoms with van der Waals surface area (Å²) < 4.78 is 0. The fraction of sp³-hybridized carbons (Fsp3) is 0.562. The lowest BCUT2D eigenvalue weighted by atomic mass is 9.74. The molecule has 3 nitrogen and oxygen atoms in total. The Morgan fingerprint density at radius 2 is 1.89 bits per heavy atom. The molecule has 3 unspecified atom stereocenters. The van der Waals surface area contributed by atoms with Gasteiger partial charge in [0.25, 0.3) is 5.91 Å². The maximum atomic E-state index is 12.4. The highest BCUT2D eigenvalue weighted by Crippen LogP contribution is 2.36. The third kappa shape index (κ3) is 2.66. The van der Waals surface area contributed by atoms with Crippen LogP contribution in [0.15, 0.2) is 30.3 Å². The Labute approximate surface area is 114 Å². The molecule has 1 N–H and O–H groups in total. The van der Waals surface area contributed by atoms with Gasteiger partial charge in [-0.1, -0.05) is 18.2 Å². The van der Waals surface area contributed by atoms with E-state index in [1.54, 1.807) is 0 Å². The Kier molecular flexibility index (Phi) is 3.56. The zero-order valence-electron chi connectivity index (χ0n) is 11.2. The second kappa shape index (κ2) is 5.33. The number of amides is 1. The summed E-state index contributed by atoms with van der Waals surface area (Å²) in [6.45, 7) is 1.70. The number of hydrogen-bond acceptors (Lipinski definition) is 2. The van der Waals surface area contributed by atoms with Crippen molar-refractivity contribution in [3.8, 4) is 0 Å². The first-order chi connectivity index (χ1) is 9.24. The molecule has 1 heterocycles. The molecule has 3 rings (SSSR count). The zero-order chi connectivity index (χ0) is 13.2. The highest BCUT2D eigenvalue weighted by Gasteiger charge is 2.35. The van der Waals surface area contributed by atoms with E-state index in [0.717, 1.165) is 44.3 Å². The van der Waals surface area contributed by atoms with Gasteiger partial charge < -0.3 is 10.0 Å². The molecular weight excluding hydrogens is 238 g/mol. The predicted octanol–water partition coefficient (Wildman–Crippen LogP) is 2.31. The van der Waals surface area contributed by atoms with Gasteiger partial charge in [-0.3, -0.25) is 4.79 Å². The summed E-state index contributed by atoms with van der Waals surface area (Å²) in [6.07, 6.45) is 3.81. The van der Waals surface area contributed by atoms with Gasteiger partial charge in [0.05, 0.1) is 6.10 Å². The standard InChI is InChI=1S/C16H21NO2/c18-15-7-6-14-11-17(9-8-13(14)10-15)16(19)12-4-2-1-3-5-12/h1-5,13-15,18H,6-11H2. The molecule has 3 heteroatoms. The van der Waals surface area contributed by atoms with Gasteiger partial charge in [-0.25, -0.2) is 0 Å². The maximum absolute atomic E-state index is 12.4. The Hall–Kier alpha value is -1.35. The van der Waals surface area contributed by atoms with Gasteiger partial charge >= 0.3 is 0 Å². The van der Waals surface area contributed by atoms with E-state index in [4.69, 9.17) is 0 Å². The van der Waals surface area contributed by atoms with Gasteiger partial charge in [0.2, 0.25) is 0 Å². The molecule has 0 bridgehead atoms. The van der Waals surface area contributed by atoms with Crippen LogP contribution in [0, 0.1) is 11.8 Å². The van der Waals surface area contributed by atoms with E-state index in [1.165, 1.54) is 0 Å². The van der Waals surface area contributed by atoms with Crippen molar-refractivity contribution in [1.29, 1.82) is 0 Å². The molecule has 1 aliphatic heterocycles. The smallest absolute Gasteiger partial charge is 0.253 e. The Morgan fingerprint density at radius 1 is 1.11 bits per heavy atom. The topological polar surface area (TPSA) is 40.5 Å². The van der Waals surface area contributed by atoms with E-state index in [0.29, 0.717) is 11.8 Å². The van der Waals surface area contributed by atoms with Crippen molar-refractivity contribution >= 4 is 5.91 Å². The molecule has 2 fully saturated rings. The van der Waals surface area contributed by atoms with Gasteiger partial charge in [0.15, 0.2) is 0 Å². The number of likely N-dealkylation sites (tertiary alicyclic amines) is 1. The monoisotopic (exact) mass is 259 g/mol. The van der Waals surface area contributed by atoms with Gasteiger partial charge in [0, 0.05) is 18.7 Å². The number of aliphatic hydroxyl groups excluding tert-OH is 1. The van der Waals surface area contributed by atoms with Gasteiger partial charge in [-0.2, -0.15) is 0 Å². The molecule has 19 heavy (non-hydrogen) atoms. The van der Waals surface area contributed by atoms with E-state index in [2.05, 4.69) is 0 Å². The average molecular weight is 259 g/mol. The number of rotatable bonds is 1. The molecular formula is C16H21NO2. The molecule has 1 aromatic carbocycles. The van der Waals surface area contributed by atoms with Crippen molar-refractivity contribution in [3.63, 3.8) is 0 Å². The number of fused-ring (bicyclic) bond motifs is 1. The molecule has 0 radical (unpaired) electrons. The fourth-order valence-corrected chi connectivity index (χ4v) is 3.54. The first kappa shape index (κ1) is 12.7. The lowest BCUT2D eigenvalue weighted by Gasteiger charge is -2.42. The summed E-state index contributed by atoms with van der Waals surface area (Å²) in [4.78, 5) is 14.4. The van der Waals surface area contributed by atoms with E-state index in [1.807, 2.05) is 35.2 Å². The average Bonchev–Trinajstić information content (AvgIpc) is 2.47. The predicted molar refractivity (Wildman–Crippen MR) is 73.8 cm³/mol. The minimum Gasteiger partial charge on any atom is -0.393 e. The Bertz CT molecular complexity index is 445. The summed E-state index contributed by atoms with van der Waals surface area (Å²) >= 11 is 0. The summed E-state index contributed by atoms with van der Waals surface area (Å²) in [5.74, 6) is 1.36. The van der Waals surface area contributed by atoms with Crippen molar-refractivity contribution in [2.24, 2.45) is 11.8 Å². The molecule has 1 saturated carbocycles. The molecule has 1 saturated heterocycles. The van der Waals surface area contributed by atoms with E-state index in [-0.39, 0.29) is 12.0 Å². The Morgan fingerprint density at radius 3 is 2.68 bits per heavy atom. The third-order valence-corrected chi connectivity index (χ3v) is 4.64. The zero-order valence-corrected chi connectivity index (χ0v) is 11.2. The quantitative estimate of drug-likeness (QED) is 0.840. The molecule has 1 aromatic rings. The molecule has 0 aromatic heterocycles. The first-order valence-corrected chi connectivity index (χ1v) is 7.26. The van der Waals surface area contributed by atoms with Crippen molar-refractivity contribution in [2.75, 3.05) is 13.1 Å².